The van der Waals surface area contributed by atoms with Crippen molar-refractivity contribution in [1.29, 1.82) is 0 Å². The average Bonchev–Trinajstić information content (AvgIpc) is 2.89. The molecule has 96 valence electrons. The Morgan fingerprint density at radius 3 is 2.94 bits per heavy atom. The SMILES string of the molecule is NCc1ncccc1S(=O)(=O)NCc1cn[nH]c1. The van der Waals surface area contributed by atoms with E-state index in [0.717, 1.165) is 5.56 Å². The number of aromatic amines is 1. The summed E-state index contributed by atoms with van der Waals surface area (Å²) in [4.78, 5) is 4.05. The minimum absolute atomic E-state index is 0.0722. The molecule has 2 rings (SSSR count). The number of hydrogen-bond acceptors (Lipinski definition) is 5. The van der Waals surface area contributed by atoms with Gasteiger partial charge in [-0.2, -0.15) is 5.10 Å². The number of nitrogens with two attached hydrogens (primary N) is 1. The molecule has 0 aliphatic rings. The van der Waals surface area contributed by atoms with Gasteiger partial charge in [-0.1, -0.05) is 0 Å². The van der Waals surface area contributed by atoms with Crippen molar-refractivity contribution in [3.63, 3.8) is 0 Å². The van der Waals surface area contributed by atoms with Gasteiger partial charge in [0.1, 0.15) is 4.90 Å². The highest BCUT2D eigenvalue weighted by Crippen LogP contribution is 2.12. The van der Waals surface area contributed by atoms with Gasteiger partial charge in [0.2, 0.25) is 10.0 Å². The molecule has 0 radical (unpaired) electrons. The van der Waals surface area contributed by atoms with Crippen molar-refractivity contribution >= 4 is 10.0 Å². The van der Waals surface area contributed by atoms with Crippen molar-refractivity contribution in [3.05, 3.63) is 42.0 Å². The van der Waals surface area contributed by atoms with Crippen LogP contribution in [0, 0.1) is 0 Å². The fraction of sp³-hybridized carbons (Fsp3) is 0.200. The van der Waals surface area contributed by atoms with Crippen LogP contribution in [0.4, 0.5) is 0 Å². The fourth-order valence-corrected chi connectivity index (χ4v) is 2.67. The van der Waals surface area contributed by atoms with Gasteiger partial charge in [0, 0.05) is 31.0 Å². The smallest absolute Gasteiger partial charge is 0.242 e. The first-order valence-electron chi connectivity index (χ1n) is 5.25. The molecule has 4 N–H and O–H groups in total. The molecule has 8 heteroatoms. The van der Waals surface area contributed by atoms with E-state index in [2.05, 4.69) is 19.9 Å². The summed E-state index contributed by atoms with van der Waals surface area (Å²) in [6.45, 7) is 0.237. The van der Waals surface area contributed by atoms with Crippen LogP contribution < -0.4 is 10.5 Å². The summed E-state index contributed by atoms with van der Waals surface area (Å²) in [5, 5.41) is 6.35. The third kappa shape index (κ3) is 2.73. The highest BCUT2D eigenvalue weighted by Gasteiger charge is 2.18. The van der Waals surface area contributed by atoms with Crippen molar-refractivity contribution < 1.29 is 8.42 Å². The molecule has 0 fully saturated rings. The second-order valence-electron chi connectivity index (χ2n) is 3.58. The monoisotopic (exact) mass is 267 g/mol. The van der Waals surface area contributed by atoms with Crippen molar-refractivity contribution in [2.24, 2.45) is 5.73 Å². The Kier molecular flexibility index (Phi) is 3.70. The highest BCUT2D eigenvalue weighted by atomic mass is 32.2. The zero-order valence-electron chi connectivity index (χ0n) is 9.50. The van der Waals surface area contributed by atoms with E-state index >= 15 is 0 Å². The molecule has 0 atom stereocenters. The van der Waals surface area contributed by atoms with Crippen LogP contribution in [0.15, 0.2) is 35.6 Å². The Labute approximate surface area is 104 Å². The number of sulfonamides is 1. The molecular formula is C10H13N5O2S. The molecular weight excluding hydrogens is 254 g/mol. The Morgan fingerprint density at radius 2 is 2.28 bits per heavy atom. The van der Waals surface area contributed by atoms with E-state index in [-0.39, 0.29) is 18.0 Å². The largest absolute Gasteiger partial charge is 0.325 e. The molecule has 0 spiro atoms. The summed E-state index contributed by atoms with van der Waals surface area (Å²) < 4.78 is 26.6. The first-order chi connectivity index (χ1) is 8.63. The van der Waals surface area contributed by atoms with Crippen molar-refractivity contribution in [1.82, 2.24) is 19.9 Å². The summed E-state index contributed by atoms with van der Waals surface area (Å²) >= 11 is 0. The minimum atomic E-state index is -3.61. The van der Waals surface area contributed by atoms with E-state index in [1.807, 2.05) is 0 Å². The van der Waals surface area contributed by atoms with Crippen LogP contribution in [0.2, 0.25) is 0 Å². The number of rotatable bonds is 5. The average molecular weight is 267 g/mol. The van der Waals surface area contributed by atoms with Crippen LogP contribution in [-0.4, -0.2) is 23.6 Å². The molecule has 0 unspecified atom stereocenters. The molecule has 18 heavy (non-hydrogen) atoms. The van der Waals surface area contributed by atoms with Crippen LogP contribution >= 0.6 is 0 Å². The first kappa shape index (κ1) is 12.7. The zero-order valence-corrected chi connectivity index (χ0v) is 10.3. The van der Waals surface area contributed by atoms with Gasteiger partial charge in [0.25, 0.3) is 0 Å². The standard InChI is InChI=1S/C10H13N5O2S/c11-4-9-10(2-1-3-12-9)18(16,17)15-7-8-5-13-14-6-8/h1-3,5-6,15H,4,7,11H2,(H,13,14). The third-order valence-electron chi connectivity index (χ3n) is 2.35. The number of hydrogen-bond donors (Lipinski definition) is 3. The van der Waals surface area contributed by atoms with Gasteiger partial charge >= 0.3 is 0 Å². The van der Waals surface area contributed by atoms with Gasteiger partial charge in [-0.25, -0.2) is 13.1 Å². The normalized spacial score (nSPS) is 11.6. The van der Waals surface area contributed by atoms with Crippen LogP contribution in [0.3, 0.4) is 0 Å². The molecule has 7 nitrogen and oxygen atoms in total. The zero-order chi connectivity index (χ0) is 13.0. The first-order valence-corrected chi connectivity index (χ1v) is 6.73. The summed E-state index contributed by atoms with van der Waals surface area (Å²) in [7, 11) is -3.61. The molecule has 0 aliphatic carbocycles. The predicted molar refractivity (Wildman–Crippen MR) is 64.7 cm³/mol. The van der Waals surface area contributed by atoms with Gasteiger partial charge in [-0.05, 0) is 12.1 Å². The Morgan fingerprint density at radius 1 is 1.44 bits per heavy atom. The molecule has 0 aromatic carbocycles. The van der Waals surface area contributed by atoms with Crippen LogP contribution in [-0.2, 0) is 23.1 Å². The van der Waals surface area contributed by atoms with E-state index < -0.39 is 10.0 Å². The molecule has 2 aromatic rings. The summed E-state index contributed by atoms with van der Waals surface area (Å²) in [5.41, 5.74) is 6.56. The Bertz CT molecular complexity index is 609. The van der Waals surface area contributed by atoms with Crippen LogP contribution in [0.1, 0.15) is 11.3 Å². The summed E-state index contributed by atoms with van der Waals surface area (Å²) in [6.07, 6.45) is 4.68. The van der Waals surface area contributed by atoms with Gasteiger partial charge in [0.05, 0.1) is 11.9 Å². The van der Waals surface area contributed by atoms with Crippen molar-refractivity contribution in [3.8, 4) is 0 Å². The molecule has 0 saturated carbocycles. The Hall–Kier alpha value is -1.77. The predicted octanol–water partition coefficient (Wildman–Crippen LogP) is -0.258. The lowest BCUT2D eigenvalue weighted by Crippen LogP contribution is -2.25. The minimum Gasteiger partial charge on any atom is -0.325 e. The Balaban J connectivity index is 2.20. The quantitative estimate of drug-likeness (QED) is 0.690. The molecule has 2 heterocycles. The van der Waals surface area contributed by atoms with Crippen LogP contribution in [0.5, 0.6) is 0 Å². The third-order valence-corrected chi connectivity index (χ3v) is 3.83. The van der Waals surface area contributed by atoms with Gasteiger partial charge in [-0.15, -0.1) is 0 Å². The molecule has 0 amide bonds. The topological polar surface area (TPSA) is 114 Å². The van der Waals surface area contributed by atoms with E-state index in [9.17, 15) is 8.42 Å². The molecule has 2 aromatic heterocycles. The second kappa shape index (κ2) is 5.25. The van der Waals surface area contributed by atoms with Gasteiger partial charge < -0.3 is 5.73 Å². The second-order valence-corrected chi connectivity index (χ2v) is 5.32. The van der Waals surface area contributed by atoms with Gasteiger partial charge in [0.15, 0.2) is 0 Å². The van der Waals surface area contributed by atoms with Crippen LogP contribution in [0.25, 0.3) is 0 Å². The van der Waals surface area contributed by atoms with E-state index in [1.165, 1.54) is 12.3 Å². The number of H-pyrrole nitrogens is 1. The highest BCUT2D eigenvalue weighted by molar-refractivity contribution is 7.89. The number of aromatic nitrogens is 3. The van der Waals surface area contributed by atoms with Crippen molar-refractivity contribution in [2.75, 3.05) is 0 Å². The lowest BCUT2D eigenvalue weighted by molar-refractivity contribution is 0.579. The summed E-state index contributed by atoms with van der Waals surface area (Å²) in [5.74, 6) is 0. The number of nitrogens with zero attached hydrogens (tertiary/aromatic N) is 2. The molecule has 0 saturated heterocycles. The maximum atomic E-state index is 12.1. The fourth-order valence-electron chi connectivity index (χ4n) is 1.45. The summed E-state index contributed by atoms with van der Waals surface area (Å²) in [6, 6.07) is 3.04. The maximum absolute atomic E-state index is 12.1. The van der Waals surface area contributed by atoms with Crippen molar-refractivity contribution in [2.45, 2.75) is 18.0 Å². The molecule has 0 aliphatic heterocycles. The number of nitrogens with one attached hydrogen (secondary N) is 2. The lowest BCUT2D eigenvalue weighted by Gasteiger charge is -2.08. The maximum Gasteiger partial charge on any atom is 0.242 e. The molecule has 0 bridgehead atoms. The lowest BCUT2D eigenvalue weighted by atomic mass is 10.3. The van der Waals surface area contributed by atoms with Gasteiger partial charge in [-0.3, -0.25) is 10.1 Å². The van der Waals surface area contributed by atoms with E-state index in [4.69, 9.17) is 5.73 Å². The van der Waals surface area contributed by atoms with E-state index in [0.29, 0.717) is 5.69 Å². The number of pyridine rings is 1. The van der Waals surface area contributed by atoms with E-state index in [1.54, 1.807) is 18.5 Å².